The molecule has 0 amide bonds. The zero-order valence-corrected chi connectivity index (χ0v) is 15.9. The van der Waals surface area contributed by atoms with Crippen LogP contribution >= 0.6 is 0 Å². The van der Waals surface area contributed by atoms with Crippen LogP contribution in [0.2, 0.25) is 0 Å². The van der Waals surface area contributed by atoms with Crippen LogP contribution < -0.4 is 9.46 Å². The third-order valence-electron chi connectivity index (χ3n) is 4.81. The highest BCUT2D eigenvalue weighted by Crippen LogP contribution is 2.21. The van der Waals surface area contributed by atoms with Crippen molar-refractivity contribution in [1.29, 1.82) is 0 Å². The topological polar surface area (TPSA) is 58.6 Å². The SMILES string of the molecule is CC[C@@H]1CCCCN1CCCNS(=O)(=O)c1ccc(OC)c(C)c1. The Morgan fingerprint density at radius 3 is 2.79 bits per heavy atom. The summed E-state index contributed by atoms with van der Waals surface area (Å²) in [5, 5.41) is 0. The van der Waals surface area contributed by atoms with Crippen molar-refractivity contribution in [2.45, 2.75) is 56.9 Å². The van der Waals surface area contributed by atoms with E-state index in [1.807, 2.05) is 6.92 Å². The van der Waals surface area contributed by atoms with E-state index in [1.165, 1.54) is 25.7 Å². The van der Waals surface area contributed by atoms with Crippen molar-refractivity contribution in [1.82, 2.24) is 9.62 Å². The van der Waals surface area contributed by atoms with E-state index in [2.05, 4.69) is 16.5 Å². The van der Waals surface area contributed by atoms with Crippen molar-refractivity contribution in [3.05, 3.63) is 23.8 Å². The predicted octanol–water partition coefficient (Wildman–Crippen LogP) is 2.94. The van der Waals surface area contributed by atoms with Gasteiger partial charge in [0, 0.05) is 12.6 Å². The molecule has 0 saturated carbocycles. The van der Waals surface area contributed by atoms with E-state index in [0.29, 0.717) is 23.2 Å². The fourth-order valence-electron chi connectivity index (χ4n) is 3.41. The summed E-state index contributed by atoms with van der Waals surface area (Å²) >= 11 is 0. The minimum absolute atomic E-state index is 0.296. The van der Waals surface area contributed by atoms with Crippen LogP contribution in [0.3, 0.4) is 0 Å². The van der Waals surface area contributed by atoms with Crippen LogP contribution in [0, 0.1) is 6.92 Å². The summed E-state index contributed by atoms with van der Waals surface area (Å²) in [7, 11) is -1.87. The van der Waals surface area contributed by atoms with Gasteiger partial charge in [0.05, 0.1) is 12.0 Å². The Morgan fingerprint density at radius 1 is 1.33 bits per heavy atom. The van der Waals surface area contributed by atoms with Gasteiger partial charge in [-0.25, -0.2) is 13.1 Å². The molecule has 6 heteroatoms. The molecular formula is C18H30N2O3S. The predicted molar refractivity (Wildman–Crippen MR) is 97.0 cm³/mol. The molecule has 136 valence electrons. The number of hydrogen-bond donors (Lipinski definition) is 1. The van der Waals surface area contributed by atoms with Gasteiger partial charge in [0.2, 0.25) is 10.0 Å². The van der Waals surface area contributed by atoms with Gasteiger partial charge in [-0.05, 0) is 69.5 Å². The number of nitrogens with zero attached hydrogens (tertiary/aromatic N) is 1. The number of ether oxygens (including phenoxy) is 1. The van der Waals surface area contributed by atoms with Gasteiger partial charge in [-0.3, -0.25) is 0 Å². The molecule has 1 atom stereocenters. The molecule has 1 aliphatic rings. The van der Waals surface area contributed by atoms with E-state index in [1.54, 1.807) is 25.3 Å². The molecule has 1 fully saturated rings. The number of hydrogen-bond acceptors (Lipinski definition) is 4. The molecule has 0 radical (unpaired) electrons. The molecule has 1 N–H and O–H groups in total. The third-order valence-corrected chi connectivity index (χ3v) is 6.27. The number of rotatable bonds is 8. The van der Waals surface area contributed by atoms with E-state index in [0.717, 1.165) is 25.1 Å². The van der Waals surface area contributed by atoms with Crippen LogP contribution in [0.1, 0.15) is 44.6 Å². The van der Waals surface area contributed by atoms with E-state index in [4.69, 9.17) is 4.74 Å². The Kier molecular flexibility index (Phi) is 7.07. The fourth-order valence-corrected chi connectivity index (χ4v) is 4.57. The van der Waals surface area contributed by atoms with Crippen molar-refractivity contribution >= 4 is 10.0 Å². The zero-order chi connectivity index (χ0) is 17.6. The Balaban J connectivity index is 1.85. The van der Waals surface area contributed by atoms with Crippen LogP contribution in [-0.4, -0.2) is 46.1 Å². The molecule has 1 aliphatic heterocycles. The monoisotopic (exact) mass is 354 g/mol. The lowest BCUT2D eigenvalue weighted by atomic mass is 10.00. The van der Waals surface area contributed by atoms with Crippen molar-refractivity contribution in [3.63, 3.8) is 0 Å². The lowest BCUT2D eigenvalue weighted by molar-refractivity contribution is 0.143. The number of piperidine rings is 1. The van der Waals surface area contributed by atoms with Crippen LogP contribution in [0.4, 0.5) is 0 Å². The minimum Gasteiger partial charge on any atom is -0.496 e. The van der Waals surface area contributed by atoms with Crippen molar-refractivity contribution < 1.29 is 13.2 Å². The smallest absolute Gasteiger partial charge is 0.240 e. The van der Waals surface area contributed by atoms with Gasteiger partial charge < -0.3 is 9.64 Å². The molecule has 0 aliphatic carbocycles. The van der Waals surface area contributed by atoms with Crippen LogP contribution in [0.25, 0.3) is 0 Å². The zero-order valence-electron chi connectivity index (χ0n) is 15.0. The van der Waals surface area contributed by atoms with Gasteiger partial charge in [-0.2, -0.15) is 0 Å². The third kappa shape index (κ3) is 4.94. The molecule has 1 heterocycles. The second-order valence-corrected chi connectivity index (χ2v) is 8.24. The summed E-state index contributed by atoms with van der Waals surface area (Å²) in [6.07, 6.45) is 5.86. The van der Waals surface area contributed by atoms with Gasteiger partial charge in [0.15, 0.2) is 0 Å². The molecule has 24 heavy (non-hydrogen) atoms. The molecule has 0 unspecified atom stereocenters. The second-order valence-electron chi connectivity index (χ2n) is 6.48. The number of nitrogens with one attached hydrogen (secondary N) is 1. The lowest BCUT2D eigenvalue weighted by Crippen LogP contribution is -2.40. The average molecular weight is 355 g/mol. The van der Waals surface area contributed by atoms with Gasteiger partial charge >= 0.3 is 0 Å². The first-order valence-electron chi connectivity index (χ1n) is 8.86. The van der Waals surface area contributed by atoms with E-state index < -0.39 is 10.0 Å². The maximum absolute atomic E-state index is 12.4. The molecule has 5 nitrogen and oxygen atoms in total. The van der Waals surface area contributed by atoms with Crippen LogP contribution in [0.5, 0.6) is 5.75 Å². The maximum atomic E-state index is 12.4. The normalized spacial score (nSPS) is 19.4. The highest BCUT2D eigenvalue weighted by molar-refractivity contribution is 7.89. The van der Waals surface area contributed by atoms with Gasteiger partial charge in [0.25, 0.3) is 0 Å². The van der Waals surface area contributed by atoms with Gasteiger partial charge in [-0.15, -0.1) is 0 Å². The Labute approximate surface area is 146 Å². The van der Waals surface area contributed by atoms with Crippen molar-refractivity contribution in [2.24, 2.45) is 0 Å². The average Bonchev–Trinajstić information content (AvgIpc) is 2.59. The summed E-state index contributed by atoms with van der Waals surface area (Å²) in [6.45, 7) is 6.66. The largest absolute Gasteiger partial charge is 0.496 e. The van der Waals surface area contributed by atoms with Crippen LogP contribution in [-0.2, 0) is 10.0 Å². The first-order valence-corrected chi connectivity index (χ1v) is 10.3. The minimum atomic E-state index is -3.45. The van der Waals surface area contributed by atoms with E-state index in [9.17, 15) is 8.42 Å². The summed E-state index contributed by atoms with van der Waals surface area (Å²) in [5.74, 6) is 0.699. The lowest BCUT2D eigenvalue weighted by Gasteiger charge is -2.35. The second kappa shape index (κ2) is 8.83. The van der Waals surface area contributed by atoms with E-state index in [-0.39, 0.29) is 0 Å². The van der Waals surface area contributed by atoms with Gasteiger partial charge in [-0.1, -0.05) is 13.3 Å². The molecule has 0 bridgehead atoms. The molecule has 1 aromatic rings. The molecule has 2 rings (SSSR count). The fraction of sp³-hybridized carbons (Fsp3) is 0.667. The first kappa shape index (κ1) is 19.2. The summed E-state index contributed by atoms with van der Waals surface area (Å²) in [5.41, 5.74) is 0.819. The molecule has 1 saturated heterocycles. The Hall–Kier alpha value is -1.11. The quantitative estimate of drug-likeness (QED) is 0.729. The molecule has 0 spiro atoms. The van der Waals surface area contributed by atoms with Crippen LogP contribution in [0.15, 0.2) is 23.1 Å². The van der Waals surface area contributed by atoms with E-state index >= 15 is 0 Å². The van der Waals surface area contributed by atoms with Gasteiger partial charge in [0.1, 0.15) is 5.75 Å². The summed E-state index contributed by atoms with van der Waals surface area (Å²) in [4.78, 5) is 2.81. The Morgan fingerprint density at radius 2 is 2.12 bits per heavy atom. The maximum Gasteiger partial charge on any atom is 0.240 e. The first-order chi connectivity index (χ1) is 11.5. The van der Waals surface area contributed by atoms with Crippen molar-refractivity contribution in [2.75, 3.05) is 26.7 Å². The number of aryl methyl sites for hydroxylation is 1. The molecule has 0 aromatic heterocycles. The molecule has 1 aromatic carbocycles. The molecular weight excluding hydrogens is 324 g/mol. The standard InChI is InChI=1S/C18H30N2O3S/c1-4-16-8-5-6-12-20(16)13-7-11-19-24(21,22)17-9-10-18(23-3)15(2)14-17/h9-10,14,16,19H,4-8,11-13H2,1-3H3/t16-/m1/s1. The number of benzene rings is 1. The highest BCUT2D eigenvalue weighted by Gasteiger charge is 2.20. The summed E-state index contributed by atoms with van der Waals surface area (Å²) in [6, 6.07) is 5.61. The Bertz CT molecular complexity index is 631. The highest BCUT2D eigenvalue weighted by atomic mass is 32.2. The number of likely N-dealkylation sites (tertiary alicyclic amines) is 1. The number of methoxy groups -OCH3 is 1. The van der Waals surface area contributed by atoms with Crippen molar-refractivity contribution in [3.8, 4) is 5.75 Å². The number of sulfonamides is 1. The summed E-state index contributed by atoms with van der Waals surface area (Å²) < 4.78 is 32.7.